The van der Waals surface area contributed by atoms with E-state index in [0.29, 0.717) is 23.1 Å². The fraction of sp³-hybridized carbons (Fsp3) is 0.176. The Morgan fingerprint density at radius 2 is 2.00 bits per heavy atom. The fourth-order valence-electron chi connectivity index (χ4n) is 1.79. The second kappa shape index (κ2) is 9.30. The summed E-state index contributed by atoms with van der Waals surface area (Å²) in [5.74, 6) is 0.884. The average molecular weight is 412 g/mol. The summed E-state index contributed by atoms with van der Waals surface area (Å²) in [5.41, 5.74) is 3.16. The van der Waals surface area contributed by atoms with Crippen LogP contribution in [0.5, 0.6) is 11.5 Å². The molecule has 0 radical (unpaired) electrons. The second-order valence-corrected chi connectivity index (χ2v) is 6.00. The lowest BCUT2D eigenvalue weighted by atomic mass is 10.2. The van der Waals surface area contributed by atoms with Gasteiger partial charge in [0.2, 0.25) is 0 Å². The van der Waals surface area contributed by atoms with E-state index >= 15 is 0 Å². The summed E-state index contributed by atoms with van der Waals surface area (Å²) in [4.78, 5) is 11.7. The fourth-order valence-corrected chi connectivity index (χ4v) is 2.30. The zero-order valence-corrected chi connectivity index (χ0v) is 15.3. The molecule has 2 aromatic rings. The van der Waals surface area contributed by atoms with E-state index in [-0.39, 0.29) is 12.5 Å². The van der Waals surface area contributed by atoms with Crippen molar-refractivity contribution in [2.75, 3.05) is 13.2 Å². The van der Waals surface area contributed by atoms with Crippen LogP contribution in [0.1, 0.15) is 12.5 Å². The normalized spacial score (nSPS) is 10.6. The quantitative estimate of drug-likeness (QED) is 0.553. The first-order valence-corrected chi connectivity index (χ1v) is 8.38. The maximum atomic E-state index is 11.7. The minimum atomic E-state index is -0.367. The molecule has 2 aromatic carbocycles. The van der Waals surface area contributed by atoms with Crippen LogP contribution in [0.3, 0.4) is 0 Å². The molecule has 0 aromatic heterocycles. The van der Waals surface area contributed by atoms with Crippen molar-refractivity contribution in [3.8, 4) is 11.5 Å². The van der Waals surface area contributed by atoms with Crippen molar-refractivity contribution in [3.63, 3.8) is 0 Å². The number of hydrogen-bond donors (Lipinski definition) is 1. The predicted molar refractivity (Wildman–Crippen MR) is 98.0 cm³/mol. The van der Waals surface area contributed by atoms with E-state index in [2.05, 4.69) is 26.5 Å². The summed E-state index contributed by atoms with van der Waals surface area (Å²) in [6.07, 6.45) is 1.52. The number of benzene rings is 2. The van der Waals surface area contributed by atoms with E-state index in [1.54, 1.807) is 24.3 Å². The van der Waals surface area contributed by atoms with Crippen LogP contribution in [-0.4, -0.2) is 25.3 Å². The molecule has 0 bridgehead atoms. The van der Waals surface area contributed by atoms with E-state index in [1.165, 1.54) is 6.21 Å². The summed E-state index contributed by atoms with van der Waals surface area (Å²) >= 11 is 9.17. The number of nitrogens with one attached hydrogen (secondary N) is 1. The van der Waals surface area contributed by atoms with E-state index in [1.807, 2.05) is 25.1 Å². The summed E-state index contributed by atoms with van der Waals surface area (Å²) in [6.45, 7) is 2.30. The molecular formula is C17H16BrClN2O3. The summed E-state index contributed by atoms with van der Waals surface area (Å²) < 4.78 is 11.7. The van der Waals surface area contributed by atoms with Gasteiger partial charge in [-0.05, 0) is 49.4 Å². The molecule has 0 spiro atoms. The molecule has 2 rings (SSSR count). The van der Waals surface area contributed by atoms with Crippen molar-refractivity contribution >= 4 is 39.7 Å². The van der Waals surface area contributed by atoms with Crippen molar-refractivity contribution in [2.24, 2.45) is 5.10 Å². The van der Waals surface area contributed by atoms with E-state index in [0.717, 1.165) is 10.0 Å². The van der Waals surface area contributed by atoms with Crippen molar-refractivity contribution in [1.82, 2.24) is 5.43 Å². The molecule has 126 valence electrons. The molecule has 0 aliphatic carbocycles. The van der Waals surface area contributed by atoms with E-state index in [9.17, 15) is 4.79 Å². The number of hydrazone groups is 1. The number of carbonyl (C=O) groups is 1. The minimum Gasteiger partial charge on any atom is -0.493 e. The Hall–Kier alpha value is -2.05. The Kier molecular flexibility index (Phi) is 7.08. The second-order valence-electron chi connectivity index (χ2n) is 4.65. The number of halogens is 2. The smallest absolute Gasteiger partial charge is 0.277 e. The van der Waals surface area contributed by atoms with Crippen LogP contribution in [0.4, 0.5) is 0 Å². The molecule has 0 saturated carbocycles. The maximum Gasteiger partial charge on any atom is 0.277 e. The van der Waals surface area contributed by atoms with Crippen molar-refractivity contribution in [1.29, 1.82) is 0 Å². The lowest BCUT2D eigenvalue weighted by Gasteiger charge is -2.07. The van der Waals surface area contributed by atoms with Crippen molar-refractivity contribution in [2.45, 2.75) is 6.92 Å². The largest absolute Gasteiger partial charge is 0.493 e. The molecule has 0 saturated heterocycles. The van der Waals surface area contributed by atoms with Crippen molar-refractivity contribution < 1.29 is 14.3 Å². The van der Waals surface area contributed by atoms with Gasteiger partial charge in [0.05, 0.1) is 12.8 Å². The van der Waals surface area contributed by atoms with Crippen LogP contribution in [-0.2, 0) is 4.79 Å². The number of ether oxygens (including phenoxy) is 2. The molecule has 5 nitrogen and oxygen atoms in total. The van der Waals surface area contributed by atoms with Gasteiger partial charge < -0.3 is 9.47 Å². The molecule has 0 fully saturated rings. The van der Waals surface area contributed by atoms with E-state index in [4.69, 9.17) is 21.1 Å². The summed E-state index contributed by atoms with van der Waals surface area (Å²) in [5, 5.41) is 4.53. The molecule has 0 atom stereocenters. The summed E-state index contributed by atoms with van der Waals surface area (Å²) in [7, 11) is 0. The van der Waals surface area contributed by atoms with Gasteiger partial charge in [-0.2, -0.15) is 5.10 Å². The first-order valence-electron chi connectivity index (χ1n) is 7.21. The van der Waals surface area contributed by atoms with Gasteiger partial charge in [0.25, 0.3) is 5.91 Å². The average Bonchev–Trinajstić information content (AvgIpc) is 2.57. The lowest BCUT2D eigenvalue weighted by molar-refractivity contribution is -0.123. The Morgan fingerprint density at radius 3 is 2.71 bits per heavy atom. The van der Waals surface area contributed by atoms with Crippen LogP contribution in [0.15, 0.2) is 52.0 Å². The first kappa shape index (κ1) is 18.3. The number of hydrogen-bond acceptors (Lipinski definition) is 4. The number of nitrogens with zero attached hydrogens (tertiary/aromatic N) is 1. The standard InChI is InChI=1S/C17H16BrClN2O3/c1-2-23-16-8-3-13(18)9-12(16)10-20-21-17(22)11-24-15-6-4-14(19)5-7-15/h3-10H,2,11H2,1H3,(H,21,22)/b20-10+. The molecular weight excluding hydrogens is 396 g/mol. The van der Waals surface area contributed by atoms with Crippen molar-refractivity contribution in [3.05, 3.63) is 57.5 Å². The summed E-state index contributed by atoms with van der Waals surface area (Å²) in [6, 6.07) is 12.3. The zero-order valence-electron chi connectivity index (χ0n) is 13.0. The third-order valence-corrected chi connectivity index (χ3v) is 3.59. The van der Waals surface area contributed by atoms with Gasteiger partial charge in [-0.15, -0.1) is 0 Å². The number of carbonyl (C=O) groups excluding carboxylic acids is 1. The SMILES string of the molecule is CCOc1ccc(Br)cc1/C=N/NC(=O)COc1ccc(Cl)cc1. The highest BCUT2D eigenvalue weighted by Crippen LogP contribution is 2.21. The van der Waals surface area contributed by atoms with Gasteiger partial charge >= 0.3 is 0 Å². The highest BCUT2D eigenvalue weighted by atomic mass is 79.9. The topological polar surface area (TPSA) is 59.9 Å². The molecule has 0 unspecified atom stereocenters. The van der Waals surface area contributed by atoms with Gasteiger partial charge in [-0.25, -0.2) is 5.43 Å². The molecule has 1 amide bonds. The molecule has 7 heteroatoms. The van der Waals surface area contributed by atoms with Gasteiger partial charge in [-0.3, -0.25) is 4.79 Å². The molecule has 24 heavy (non-hydrogen) atoms. The molecule has 0 heterocycles. The van der Waals surface area contributed by atoms with Crippen LogP contribution in [0, 0.1) is 0 Å². The zero-order chi connectivity index (χ0) is 17.4. The van der Waals surface area contributed by atoms with Crippen LogP contribution < -0.4 is 14.9 Å². The predicted octanol–water partition coefficient (Wildman–Crippen LogP) is 4.03. The highest BCUT2D eigenvalue weighted by Gasteiger charge is 2.04. The van der Waals surface area contributed by atoms with Crippen LogP contribution >= 0.6 is 27.5 Å². The molecule has 1 N–H and O–H groups in total. The minimum absolute atomic E-state index is 0.143. The Balaban J connectivity index is 1.88. The first-order chi connectivity index (χ1) is 11.6. The van der Waals surface area contributed by atoms with Crippen LogP contribution in [0.25, 0.3) is 0 Å². The number of amides is 1. The third-order valence-electron chi connectivity index (χ3n) is 2.85. The Labute approximate surface area is 153 Å². The number of rotatable bonds is 7. The van der Waals surface area contributed by atoms with Gasteiger partial charge in [0, 0.05) is 15.1 Å². The van der Waals surface area contributed by atoms with Gasteiger partial charge in [0.15, 0.2) is 6.61 Å². The highest BCUT2D eigenvalue weighted by molar-refractivity contribution is 9.10. The van der Waals surface area contributed by atoms with Gasteiger partial charge in [0.1, 0.15) is 11.5 Å². The molecule has 0 aliphatic heterocycles. The Bertz CT molecular complexity index is 720. The van der Waals surface area contributed by atoms with Gasteiger partial charge in [-0.1, -0.05) is 27.5 Å². The maximum absolute atomic E-state index is 11.7. The van der Waals surface area contributed by atoms with E-state index < -0.39 is 0 Å². The Morgan fingerprint density at radius 1 is 1.25 bits per heavy atom. The van der Waals surface area contributed by atoms with Crippen LogP contribution in [0.2, 0.25) is 5.02 Å². The lowest BCUT2D eigenvalue weighted by Crippen LogP contribution is -2.24. The third kappa shape index (κ3) is 5.86. The molecule has 0 aliphatic rings. The monoisotopic (exact) mass is 410 g/mol.